The monoisotopic (exact) mass is 462 g/mol. The highest BCUT2D eigenvalue weighted by molar-refractivity contribution is 7.89. The molecule has 1 fully saturated rings. The molecule has 0 aromatic heterocycles. The Balaban J connectivity index is 1.72. The minimum atomic E-state index is -3.68. The number of carbonyl (C=O) groups excluding carboxylic acids is 1. The van der Waals surface area contributed by atoms with Crippen molar-refractivity contribution < 1.29 is 27.4 Å². The largest absolute Gasteiger partial charge is 0.497 e. The van der Waals surface area contributed by atoms with Crippen LogP contribution in [0.4, 0.5) is 5.69 Å². The molecule has 0 atom stereocenters. The molecule has 1 aliphatic rings. The normalized spacial score (nSPS) is 14.3. The van der Waals surface area contributed by atoms with Crippen LogP contribution in [0, 0.1) is 0 Å². The Morgan fingerprint density at radius 1 is 0.969 bits per heavy atom. The third kappa shape index (κ3) is 5.72. The number of esters is 1. The lowest BCUT2D eigenvalue weighted by Crippen LogP contribution is -2.31. The second-order valence-electron chi connectivity index (χ2n) is 7.67. The Labute approximate surface area is 189 Å². The topological polar surface area (TPSA) is 85.4 Å². The maximum atomic E-state index is 12.9. The fraction of sp³-hybridized carbons (Fsp3) is 0.435. The first-order valence-corrected chi connectivity index (χ1v) is 12.0. The van der Waals surface area contributed by atoms with Crippen molar-refractivity contribution in [1.29, 1.82) is 0 Å². The van der Waals surface area contributed by atoms with Gasteiger partial charge in [-0.15, -0.1) is 0 Å². The van der Waals surface area contributed by atoms with Crippen LogP contribution < -0.4 is 14.4 Å². The molecule has 8 nitrogen and oxygen atoms in total. The lowest BCUT2D eigenvalue weighted by Gasteiger charge is -2.30. The molecule has 1 aliphatic heterocycles. The van der Waals surface area contributed by atoms with Crippen molar-refractivity contribution in [2.45, 2.75) is 24.2 Å². The fourth-order valence-electron chi connectivity index (χ4n) is 3.50. The third-order valence-electron chi connectivity index (χ3n) is 5.31. The number of benzene rings is 2. The van der Waals surface area contributed by atoms with Crippen LogP contribution in [0.2, 0.25) is 0 Å². The smallest absolute Gasteiger partial charge is 0.340 e. The molecule has 1 saturated heterocycles. The molecular weight excluding hydrogens is 432 g/mol. The maximum absolute atomic E-state index is 12.9. The highest BCUT2D eigenvalue weighted by atomic mass is 32.2. The van der Waals surface area contributed by atoms with Crippen molar-refractivity contribution in [3.05, 3.63) is 48.0 Å². The predicted molar refractivity (Wildman–Crippen MR) is 122 cm³/mol. The summed E-state index contributed by atoms with van der Waals surface area (Å²) in [7, 11) is 0.836. The molecule has 0 N–H and O–H groups in total. The van der Waals surface area contributed by atoms with Gasteiger partial charge in [-0.2, -0.15) is 0 Å². The van der Waals surface area contributed by atoms with Gasteiger partial charge in [-0.3, -0.25) is 0 Å². The van der Waals surface area contributed by atoms with Crippen LogP contribution in [0.15, 0.2) is 47.4 Å². The highest BCUT2D eigenvalue weighted by Crippen LogP contribution is 2.28. The van der Waals surface area contributed by atoms with Crippen LogP contribution in [-0.2, 0) is 14.8 Å². The molecule has 0 aliphatic carbocycles. The van der Waals surface area contributed by atoms with Crippen molar-refractivity contribution in [3.8, 4) is 11.5 Å². The second kappa shape index (κ2) is 10.7. The summed E-state index contributed by atoms with van der Waals surface area (Å²) in [6.07, 6.45) is 3.20. The first-order chi connectivity index (χ1) is 15.3. The minimum Gasteiger partial charge on any atom is -0.497 e. The molecule has 9 heteroatoms. The van der Waals surface area contributed by atoms with E-state index in [2.05, 4.69) is 4.90 Å². The number of hydrogen-bond acceptors (Lipinski definition) is 7. The molecule has 2 aromatic carbocycles. The molecule has 32 heavy (non-hydrogen) atoms. The van der Waals surface area contributed by atoms with Crippen molar-refractivity contribution >= 4 is 21.7 Å². The summed E-state index contributed by atoms with van der Waals surface area (Å²) in [5.74, 6) is 0.788. The number of hydrogen-bond donors (Lipinski definition) is 0. The fourth-order valence-corrected chi connectivity index (χ4v) is 4.43. The van der Waals surface area contributed by atoms with Gasteiger partial charge in [-0.05, 0) is 61.7 Å². The number of methoxy groups -OCH3 is 1. The van der Waals surface area contributed by atoms with E-state index < -0.39 is 16.0 Å². The van der Waals surface area contributed by atoms with E-state index in [1.807, 2.05) is 0 Å². The average Bonchev–Trinajstić information content (AvgIpc) is 2.82. The van der Waals surface area contributed by atoms with Crippen LogP contribution in [0.3, 0.4) is 0 Å². The summed E-state index contributed by atoms with van der Waals surface area (Å²) in [6.45, 7) is 1.85. The maximum Gasteiger partial charge on any atom is 0.340 e. The number of nitrogens with zero attached hydrogens (tertiary/aromatic N) is 2. The van der Waals surface area contributed by atoms with Gasteiger partial charge in [0.25, 0.3) is 0 Å². The molecule has 1 heterocycles. The van der Waals surface area contributed by atoms with Gasteiger partial charge in [0.15, 0.2) is 0 Å². The van der Waals surface area contributed by atoms with E-state index in [4.69, 9.17) is 14.2 Å². The molecule has 3 rings (SSSR count). The Morgan fingerprint density at radius 3 is 2.25 bits per heavy atom. The Morgan fingerprint density at radius 2 is 1.62 bits per heavy atom. The molecule has 0 bridgehead atoms. The van der Waals surface area contributed by atoms with Crippen LogP contribution in [0.25, 0.3) is 0 Å². The van der Waals surface area contributed by atoms with Gasteiger partial charge in [0.1, 0.15) is 24.7 Å². The number of sulfonamides is 1. The number of carbonyl (C=O) groups is 1. The molecule has 0 spiro atoms. The van der Waals surface area contributed by atoms with Crippen molar-refractivity contribution in [3.63, 3.8) is 0 Å². The standard InChI is InChI=1S/C23H30N2O6S/c1-24(2)32(27,28)20-11-12-22(25-13-5-4-6-14-25)21(17-20)23(26)31-16-15-30-19-9-7-18(29-3)8-10-19/h7-12,17H,4-6,13-16H2,1-3H3. The van der Waals surface area contributed by atoms with Gasteiger partial charge in [-0.25, -0.2) is 17.5 Å². The first kappa shape index (κ1) is 23.9. The lowest BCUT2D eigenvalue weighted by molar-refractivity contribution is 0.0451. The minimum absolute atomic E-state index is 0.0367. The summed E-state index contributed by atoms with van der Waals surface area (Å²) in [6, 6.07) is 11.8. The van der Waals surface area contributed by atoms with Gasteiger partial charge in [0.2, 0.25) is 10.0 Å². The van der Waals surface area contributed by atoms with Crippen molar-refractivity contribution in [2.24, 2.45) is 0 Å². The van der Waals surface area contributed by atoms with E-state index in [0.717, 1.165) is 42.4 Å². The Kier molecular flexibility index (Phi) is 7.98. The van der Waals surface area contributed by atoms with E-state index >= 15 is 0 Å². The quantitative estimate of drug-likeness (QED) is 0.418. The Hall–Kier alpha value is -2.78. The van der Waals surface area contributed by atoms with E-state index in [-0.39, 0.29) is 23.7 Å². The van der Waals surface area contributed by atoms with E-state index in [1.54, 1.807) is 43.5 Å². The van der Waals surface area contributed by atoms with Crippen LogP contribution in [-0.4, -0.2) is 66.2 Å². The predicted octanol–water partition coefficient (Wildman–Crippen LogP) is 3.17. The van der Waals surface area contributed by atoms with Gasteiger partial charge >= 0.3 is 5.97 Å². The van der Waals surface area contributed by atoms with Crippen LogP contribution in [0.5, 0.6) is 11.5 Å². The van der Waals surface area contributed by atoms with Gasteiger partial charge in [0.05, 0.1) is 23.3 Å². The number of piperidine rings is 1. The molecule has 2 aromatic rings. The Bertz CT molecular complexity index is 1020. The summed E-state index contributed by atoms with van der Waals surface area (Å²) in [5.41, 5.74) is 0.947. The van der Waals surface area contributed by atoms with Gasteiger partial charge in [-0.1, -0.05) is 0 Å². The summed E-state index contributed by atoms with van der Waals surface area (Å²) >= 11 is 0. The van der Waals surface area contributed by atoms with Crippen molar-refractivity contribution in [2.75, 3.05) is 52.4 Å². The lowest BCUT2D eigenvalue weighted by atomic mass is 10.1. The summed E-state index contributed by atoms with van der Waals surface area (Å²) in [4.78, 5) is 15.1. The van der Waals surface area contributed by atoms with Crippen LogP contribution in [0.1, 0.15) is 29.6 Å². The zero-order valence-electron chi connectivity index (χ0n) is 18.7. The number of anilines is 1. The van der Waals surface area contributed by atoms with E-state index in [9.17, 15) is 13.2 Å². The van der Waals surface area contributed by atoms with Gasteiger partial charge < -0.3 is 19.1 Å². The molecule has 0 amide bonds. The van der Waals surface area contributed by atoms with Crippen LogP contribution >= 0.6 is 0 Å². The van der Waals surface area contributed by atoms with E-state index in [1.165, 1.54) is 20.2 Å². The number of ether oxygens (including phenoxy) is 3. The highest BCUT2D eigenvalue weighted by Gasteiger charge is 2.24. The van der Waals surface area contributed by atoms with E-state index in [0.29, 0.717) is 11.4 Å². The second-order valence-corrected chi connectivity index (χ2v) is 9.83. The average molecular weight is 463 g/mol. The summed E-state index contributed by atoms with van der Waals surface area (Å²) in [5, 5.41) is 0. The first-order valence-electron chi connectivity index (χ1n) is 10.6. The molecule has 0 radical (unpaired) electrons. The molecular formula is C23H30N2O6S. The van der Waals surface area contributed by atoms with Crippen molar-refractivity contribution in [1.82, 2.24) is 4.31 Å². The molecule has 0 saturated carbocycles. The SMILES string of the molecule is COc1ccc(OCCOC(=O)c2cc(S(=O)(=O)N(C)C)ccc2N2CCCCC2)cc1. The number of rotatable bonds is 9. The zero-order chi connectivity index (χ0) is 23.1. The van der Waals surface area contributed by atoms with Gasteiger partial charge in [0, 0.05) is 27.2 Å². The molecule has 0 unspecified atom stereocenters. The summed E-state index contributed by atoms with van der Waals surface area (Å²) < 4.78 is 42.4. The third-order valence-corrected chi connectivity index (χ3v) is 7.12. The molecule has 174 valence electrons. The zero-order valence-corrected chi connectivity index (χ0v) is 19.6.